The van der Waals surface area contributed by atoms with Crippen molar-refractivity contribution in [2.45, 2.75) is 269 Å². The zero-order chi connectivity index (χ0) is 48.0. The number of carbonyl (C=O) groups excluding carboxylic acids is 1. The molecule has 0 saturated carbocycles. The van der Waals surface area contributed by atoms with Crippen LogP contribution in [0.25, 0.3) is 0 Å². The Labute approximate surface area is 404 Å². The highest BCUT2D eigenvalue weighted by Gasteiger charge is 2.44. The number of unbranched alkanes of at least 4 members (excludes halogenated alkanes) is 23. The number of nitrogens with one attached hydrogen (secondary N) is 1. The number of hydrogen-bond donors (Lipinski definition) is 6. The van der Waals surface area contributed by atoms with Crippen LogP contribution in [0, 0.1) is 0 Å². The molecule has 1 aliphatic rings. The third-order valence-corrected chi connectivity index (χ3v) is 12.6. The van der Waals surface area contributed by atoms with Crippen LogP contribution in [0.15, 0.2) is 72.9 Å². The first-order chi connectivity index (χ1) is 32.3. The lowest BCUT2D eigenvalue weighted by atomic mass is 9.99. The van der Waals surface area contributed by atoms with Gasteiger partial charge in [0, 0.05) is 6.42 Å². The highest BCUT2D eigenvalue weighted by Crippen LogP contribution is 2.23. The summed E-state index contributed by atoms with van der Waals surface area (Å²) in [7, 11) is 0. The normalized spacial score (nSPS) is 20.4. The molecule has 0 spiro atoms. The Bertz CT molecular complexity index is 1260. The molecule has 9 nitrogen and oxygen atoms in total. The lowest BCUT2D eigenvalue weighted by Crippen LogP contribution is -2.60. The van der Waals surface area contributed by atoms with Gasteiger partial charge in [-0.1, -0.05) is 228 Å². The number of amides is 1. The van der Waals surface area contributed by atoms with Crippen molar-refractivity contribution in [3.63, 3.8) is 0 Å². The van der Waals surface area contributed by atoms with Crippen molar-refractivity contribution in [2.75, 3.05) is 13.2 Å². The Hall–Kier alpha value is -2.37. The van der Waals surface area contributed by atoms with Crippen molar-refractivity contribution in [1.29, 1.82) is 0 Å². The molecule has 7 unspecified atom stereocenters. The maximum atomic E-state index is 13.0. The predicted molar refractivity (Wildman–Crippen MR) is 276 cm³/mol. The van der Waals surface area contributed by atoms with Crippen LogP contribution >= 0.6 is 0 Å². The van der Waals surface area contributed by atoms with E-state index in [4.69, 9.17) is 9.47 Å². The second-order valence-corrected chi connectivity index (χ2v) is 18.6. The van der Waals surface area contributed by atoms with Crippen LogP contribution in [0.2, 0.25) is 0 Å². The van der Waals surface area contributed by atoms with Gasteiger partial charge in [0.25, 0.3) is 0 Å². The number of carbonyl (C=O) groups is 1. The van der Waals surface area contributed by atoms with E-state index >= 15 is 0 Å². The van der Waals surface area contributed by atoms with Crippen molar-refractivity contribution >= 4 is 5.91 Å². The molecule has 0 aromatic rings. The van der Waals surface area contributed by atoms with E-state index in [0.717, 1.165) is 77.0 Å². The average Bonchev–Trinajstić information content (AvgIpc) is 3.32. The minimum absolute atomic E-state index is 0.140. The van der Waals surface area contributed by atoms with Gasteiger partial charge in [0.05, 0.1) is 25.4 Å². The van der Waals surface area contributed by atoms with Gasteiger partial charge >= 0.3 is 0 Å². The van der Waals surface area contributed by atoms with E-state index in [2.05, 4.69) is 92.1 Å². The second kappa shape index (κ2) is 46.4. The van der Waals surface area contributed by atoms with Crippen LogP contribution in [0.4, 0.5) is 0 Å². The molecule has 0 aromatic carbocycles. The summed E-state index contributed by atoms with van der Waals surface area (Å²) in [6.45, 7) is 3.70. The van der Waals surface area contributed by atoms with Gasteiger partial charge in [0.15, 0.2) is 6.29 Å². The summed E-state index contributed by atoms with van der Waals surface area (Å²) in [6, 6.07) is -0.720. The van der Waals surface area contributed by atoms with Crippen molar-refractivity contribution in [2.24, 2.45) is 0 Å². The van der Waals surface area contributed by atoms with Crippen LogP contribution in [0.1, 0.15) is 226 Å². The lowest BCUT2D eigenvalue weighted by Gasteiger charge is -2.40. The first kappa shape index (κ1) is 61.6. The fraction of sp³-hybridized carbons (Fsp3) is 0.772. The van der Waals surface area contributed by atoms with Crippen LogP contribution in [0.3, 0.4) is 0 Å². The van der Waals surface area contributed by atoms with E-state index in [9.17, 15) is 30.3 Å². The van der Waals surface area contributed by atoms with E-state index in [1.165, 1.54) is 122 Å². The maximum Gasteiger partial charge on any atom is 0.220 e. The Balaban J connectivity index is 2.11. The van der Waals surface area contributed by atoms with E-state index in [0.29, 0.717) is 12.8 Å². The summed E-state index contributed by atoms with van der Waals surface area (Å²) in [6.07, 6.45) is 56.5. The van der Waals surface area contributed by atoms with Crippen molar-refractivity contribution in [1.82, 2.24) is 5.32 Å². The second-order valence-electron chi connectivity index (χ2n) is 18.6. The molecular formula is C57H101NO8. The molecule has 1 heterocycles. The molecule has 1 rings (SSSR count). The van der Waals surface area contributed by atoms with Crippen LogP contribution < -0.4 is 5.32 Å². The summed E-state index contributed by atoms with van der Waals surface area (Å²) in [5, 5.41) is 54.4. The van der Waals surface area contributed by atoms with Gasteiger partial charge in [0.1, 0.15) is 24.4 Å². The standard InChI is InChI=1S/C57H101NO8/c1-3-5-7-9-11-13-15-16-17-18-19-20-21-22-23-24-25-26-27-28-29-30-31-32-33-34-35-36-37-39-41-43-45-47-53(61)58-50(49-65-57-56(64)55(63)54(62)52(48-59)66-57)51(60)46-44-42-40-38-14-12-10-8-6-4-2/h5,7,11,13,16-17,19-20,22-23,25-26,50-52,54-57,59-60,62-64H,3-4,6,8-10,12,14-15,18,21,24,27-49H2,1-2H3,(H,58,61)/b7-5-,13-11-,17-16-,20-19-,23-22-,26-25-. The number of aliphatic hydroxyl groups is 5. The smallest absolute Gasteiger partial charge is 0.220 e. The highest BCUT2D eigenvalue weighted by molar-refractivity contribution is 5.76. The molecule has 7 atom stereocenters. The molecule has 1 aliphatic heterocycles. The van der Waals surface area contributed by atoms with E-state index < -0.39 is 49.5 Å². The fourth-order valence-electron chi connectivity index (χ4n) is 8.28. The first-order valence-corrected chi connectivity index (χ1v) is 27.1. The zero-order valence-electron chi connectivity index (χ0n) is 42.2. The average molecular weight is 928 g/mol. The molecule has 0 aliphatic carbocycles. The van der Waals surface area contributed by atoms with Gasteiger partial charge in [-0.3, -0.25) is 4.79 Å². The largest absolute Gasteiger partial charge is 0.394 e. The minimum Gasteiger partial charge on any atom is -0.394 e. The van der Waals surface area contributed by atoms with Gasteiger partial charge < -0.3 is 40.3 Å². The molecule has 0 radical (unpaired) electrons. The van der Waals surface area contributed by atoms with Crippen molar-refractivity contribution < 1.29 is 39.8 Å². The van der Waals surface area contributed by atoms with Crippen molar-refractivity contribution in [3.05, 3.63) is 72.9 Å². The summed E-state index contributed by atoms with van der Waals surface area (Å²) in [5.41, 5.74) is 0. The number of aliphatic hydroxyl groups excluding tert-OH is 5. The summed E-state index contributed by atoms with van der Waals surface area (Å²) in [5.74, 6) is -0.149. The van der Waals surface area contributed by atoms with Gasteiger partial charge in [0.2, 0.25) is 5.91 Å². The summed E-state index contributed by atoms with van der Waals surface area (Å²) in [4.78, 5) is 13.0. The Morgan fingerprint density at radius 3 is 1.39 bits per heavy atom. The van der Waals surface area contributed by atoms with E-state index in [-0.39, 0.29) is 12.5 Å². The van der Waals surface area contributed by atoms with Gasteiger partial charge in [-0.05, 0) is 64.2 Å². The third-order valence-electron chi connectivity index (χ3n) is 12.6. The van der Waals surface area contributed by atoms with Gasteiger partial charge in [-0.15, -0.1) is 0 Å². The molecule has 0 bridgehead atoms. The van der Waals surface area contributed by atoms with Crippen LogP contribution in [-0.2, 0) is 14.3 Å². The third kappa shape index (κ3) is 35.7. The number of allylic oxidation sites excluding steroid dienone is 12. The van der Waals surface area contributed by atoms with Crippen LogP contribution in [0.5, 0.6) is 0 Å². The van der Waals surface area contributed by atoms with Gasteiger partial charge in [-0.25, -0.2) is 0 Å². The highest BCUT2D eigenvalue weighted by atomic mass is 16.7. The van der Waals surface area contributed by atoms with E-state index in [1.54, 1.807) is 0 Å². The number of ether oxygens (including phenoxy) is 2. The monoisotopic (exact) mass is 928 g/mol. The minimum atomic E-state index is -1.55. The molecule has 6 N–H and O–H groups in total. The first-order valence-electron chi connectivity index (χ1n) is 27.1. The molecule has 1 saturated heterocycles. The maximum absolute atomic E-state index is 13.0. The summed E-state index contributed by atoms with van der Waals surface area (Å²) < 4.78 is 11.3. The Kier molecular flexibility index (Phi) is 43.3. The predicted octanol–water partition coefficient (Wildman–Crippen LogP) is 12.9. The molecule has 1 fully saturated rings. The topological polar surface area (TPSA) is 149 Å². The van der Waals surface area contributed by atoms with Crippen LogP contribution in [-0.4, -0.2) is 87.5 Å². The van der Waals surface area contributed by atoms with Gasteiger partial charge in [-0.2, -0.15) is 0 Å². The quantitative estimate of drug-likeness (QED) is 0.0261. The molecule has 1 amide bonds. The molecular weight excluding hydrogens is 827 g/mol. The molecule has 382 valence electrons. The number of rotatable bonds is 45. The fourth-order valence-corrected chi connectivity index (χ4v) is 8.28. The molecule has 0 aromatic heterocycles. The SMILES string of the molecule is CC/C=C\C/C=C\C/C=C\C/C=C\C/C=C\C/C=C\CCCCCCCCCCCCCCCCC(=O)NC(COC1OC(CO)C(O)C(O)C1O)C(O)CCCCCCCCCCCC. The number of hydrogen-bond acceptors (Lipinski definition) is 8. The lowest BCUT2D eigenvalue weighted by molar-refractivity contribution is -0.302. The Morgan fingerprint density at radius 1 is 0.530 bits per heavy atom. The van der Waals surface area contributed by atoms with Crippen molar-refractivity contribution in [3.8, 4) is 0 Å². The Morgan fingerprint density at radius 2 is 0.939 bits per heavy atom. The molecule has 66 heavy (non-hydrogen) atoms. The molecule has 9 heteroatoms. The summed E-state index contributed by atoms with van der Waals surface area (Å²) >= 11 is 0. The van der Waals surface area contributed by atoms with E-state index in [1.807, 2.05) is 0 Å². The zero-order valence-corrected chi connectivity index (χ0v) is 42.2.